The molecule has 4 nitrogen and oxygen atoms in total. The van der Waals surface area contributed by atoms with E-state index in [1.807, 2.05) is 50.4 Å². The summed E-state index contributed by atoms with van der Waals surface area (Å²) >= 11 is 6.01. The number of rotatable bonds is 2. The van der Waals surface area contributed by atoms with Gasteiger partial charge in [-0.25, -0.2) is 14.6 Å². The predicted molar refractivity (Wildman–Crippen MR) is 79.1 cm³/mol. The zero-order valence-corrected chi connectivity index (χ0v) is 12.0. The highest BCUT2D eigenvalue weighted by atomic mass is 35.5. The first-order chi connectivity index (χ1) is 9.61. The smallest absolute Gasteiger partial charge is 0.216 e. The van der Waals surface area contributed by atoms with E-state index in [2.05, 4.69) is 15.1 Å². The van der Waals surface area contributed by atoms with E-state index in [9.17, 15) is 0 Å². The van der Waals surface area contributed by atoms with Crippen molar-refractivity contribution in [3.8, 4) is 17.1 Å². The van der Waals surface area contributed by atoms with Crippen molar-refractivity contribution in [2.24, 2.45) is 0 Å². The fourth-order valence-corrected chi connectivity index (χ4v) is 2.25. The lowest BCUT2D eigenvalue weighted by atomic mass is 10.1. The summed E-state index contributed by atoms with van der Waals surface area (Å²) in [6.07, 6.45) is 3.69. The molecule has 0 aliphatic heterocycles. The third-order valence-electron chi connectivity index (χ3n) is 2.92. The summed E-state index contributed by atoms with van der Waals surface area (Å²) in [7, 11) is 0. The molecule has 0 aliphatic carbocycles. The van der Waals surface area contributed by atoms with E-state index >= 15 is 0 Å². The Morgan fingerprint density at radius 3 is 2.45 bits per heavy atom. The number of hydrogen-bond donors (Lipinski definition) is 0. The molecule has 0 bridgehead atoms. The van der Waals surface area contributed by atoms with Gasteiger partial charge in [-0.1, -0.05) is 23.7 Å². The molecule has 0 N–H and O–H groups in total. The molecule has 1 aromatic carbocycles. The number of aromatic nitrogens is 4. The molecule has 0 saturated carbocycles. The van der Waals surface area contributed by atoms with Gasteiger partial charge >= 0.3 is 0 Å². The number of hydrogen-bond acceptors (Lipinski definition) is 3. The topological polar surface area (TPSA) is 43.6 Å². The van der Waals surface area contributed by atoms with Crippen LogP contribution in [0.5, 0.6) is 0 Å². The molecule has 2 heterocycles. The van der Waals surface area contributed by atoms with Crippen LogP contribution in [0, 0.1) is 13.8 Å². The van der Waals surface area contributed by atoms with E-state index in [0.29, 0.717) is 11.0 Å². The summed E-state index contributed by atoms with van der Waals surface area (Å²) in [6.45, 7) is 3.89. The molecule has 3 rings (SSSR count). The predicted octanol–water partition coefficient (Wildman–Crippen LogP) is 3.60. The Kier molecular flexibility index (Phi) is 3.24. The molecule has 0 saturated heterocycles. The van der Waals surface area contributed by atoms with Crippen molar-refractivity contribution in [2.75, 3.05) is 0 Å². The van der Waals surface area contributed by atoms with Crippen molar-refractivity contribution in [3.63, 3.8) is 0 Å². The summed E-state index contributed by atoms with van der Waals surface area (Å²) in [5.74, 6) is 0.579. The molecule has 0 radical (unpaired) electrons. The number of aryl methyl sites for hydroxylation is 2. The summed E-state index contributed by atoms with van der Waals surface area (Å²) < 4.78 is 1.68. The maximum absolute atomic E-state index is 6.01. The van der Waals surface area contributed by atoms with Gasteiger partial charge in [0.2, 0.25) is 0 Å². The van der Waals surface area contributed by atoms with Crippen molar-refractivity contribution < 1.29 is 0 Å². The second-order valence-electron chi connectivity index (χ2n) is 4.63. The normalized spacial score (nSPS) is 10.8. The molecule has 3 aromatic rings. The van der Waals surface area contributed by atoms with E-state index in [4.69, 9.17) is 11.6 Å². The van der Waals surface area contributed by atoms with Gasteiger partial charge < -0.3 is 0 Å². The van der Waals surface area contributed by atoms with Crippen LogP contribution in [0.1, 0.15) is 11.4 Å². The van der Waals surface area contributed by atoms with Gasteiger partial charge in [-0.2, -0.15) is 5.10 Å². The Morgan fingerprint density at radius 2 is 1.75 bits per heavy atom. The SMILES string of the molecule is Cc1cc(C)nc(-n2cc(-c3cccc(Cl)c3)cn2)n1. The molecular weight excluding hydrogens is 272 g/mol. The Hall–Kier alpha value is -2.20. The molecule has 0 spiro atoms. The maximum atomic E-state index is 6.01. The van der Waals surface area contributed by atoms with Crippen LogP contribution in [-0.2, 0) is 0 Å². The lowest BCUT2D eigenvalue weighted by Gasteiger charge is -2.02. The molecule has 0 fully saturated rings. The van der Waals surface area contributed by atoms with Gasteiger partial charge in [-0.3, -0.25) is 0 Å². The highest BCUT2D eigenvalue weighted by Gasteiger charge is 2.07. The molecular formula is C15H13ClN4. The lowest BCUT2D eigenvalue weighted by molar-refractivity contribution is 0.794. The minimum Gasteiger partial charge on any atom is -0.216 e. The van der Waals surface area contributed by atoms with Crippen molar-refractivity contribution in [1.82, 2.24) is 19.7 Å². The van der Waals surface area contributed by atoms with Crippen LogP contribution in [0.2, 0.25) is 5.02 Å². The van der Waals surface area contributed by atoms with Crippen molar-refractivity contribution in [1.29, 1.82) is 0 Å². The zero-order chi connectivity index (χ0) is 14.1. The van der Waals surface area contributed by atoms with Crippen LogP contribution in [0.25, 0.3) is 17.1 Å². The standard InChI is InChI=1S/C15H13ClN4/c1-10-6-11(2)19-15(18-10)20-9-13(8-17-20)12-4-3-5-14(16)7-12/h3-9H,1-2H3. The summed E-state index contributed by atoms with van der Waals surface area (Å²) in [5.41, 5.74) is 3.85. The Labute approximate surface area is 122 Å². The lowest BCUT2D eigenvalue weighted by Crippen LogP contribution is -2.03. The minimum absolute atomic E-state index is 0.579. The zero-order valence-electron chi connectivity index (χ0n) is 11.2. The second-order valence-corrected chi connectivity index (χ2v) is 5.07. The molecule has 20 heavy (non-hydrogen) atoms. The molecule has 2 aromatic heterocycles. The first-order valence-corrected chi connectivity index (χ1v) is 6.63. The van der Waals surface area contributed by atoms with Crippen LogP contribution in [0.3, 0.4) is 0 Å². The van der Waals surface area contributed by atoms with Crippen LogP contribution in [-0.4, -0.2) is 19.7 Å². The van der Waals surface area contributed by atoms with Gasteiger partial charge in [-0.05, 0) is 37.6 Å². The molecule has 0 amide bonds. The first-order valence-electron chi connectivity index (χ1n) is 6.25. The van der Waals surface area contributed by atoms with Crippen LogP contribution in [0.4, 0.5) is 0 Å². The summed E-state index contributed by atoms with van der Waals surface area (Å²) in [6, 6.07) is 9.61. The summed E-state index contributed by atoms with van der Waals surface area (Å²) in [5, 5.41) is 5.03. The minimum atomic E-state index is 0.579. The first kappa shape index (κ1) is 12.8. The van der Waals surface area contributed by atoms with Gasteiger partial charge in [0.1, 0.15) is 0 Å². The summed E-state index contributed by atoms with van der Waals surface area (Å²) in [4.78, 5) is 8.78. The Morgan fingerprint density at radius 1 is 1.00 bits per heavy atom. The van der Waals surface area contributed by atoms with Crippen LogP contribution in [0.15, 0.2) is 42.7 Å². The highest BCUT2D eigenvalue weighted by molar-refractivity contribution is 6.30. The van der Waals surface area contributed by atoms with Crippen molar-refractivity contribution in [2.45, 2.75) is 13.8 Å². The quantitative estimate of drug-likeness (QED) is 0.722. The van der Waals surface area contributed by atoms with E-state index in [1.54, 1.807) is 10.9 Å². The van der Waals surface area contributed by atoms with Gasteiger partial charge in [0.25, 0.3) is 5.95 Å². The van der Waals surface area contributed by atoms with E-state index < -0.39 is 0 Å². The van der Waals surface area contributed by atoms with Crippen molar-refractivity contribution >= 4 is 11.6 Å². The van der Waals surface area contributed by atoms with E-state index in [1.165, 1.54) is 0 Å². The fraction of sp³-hybridized carbons (Fsp3) is 0.133. The van der Waals surface area contributed by atoms with Crippen LogP contribution >= 0.6 is 11.6 Å². The van der Waals surface area contributed by atoms with Gasteiger partial charge in [0, 0.05) is 28.2 Å². The number of benzene rings is 1. The van der Waals surface area contributed by atoms with Gasteiger partial charge in [0.15, 0.2) is 0 Å². The Balaban J connectivity index is 2.02. The highest BCUT2D eigenvalue weighted by Crippen LogP contribution is 2.22. The van der Waals surface area contributed by atoms with Gasteiger partial charge in [-0.15, -0.1) is 0 Å². The molecule has 0 atom stereocenters. The molecule has 0 unspecified atom stereocenters. The molecule has 100 valence electrons. The van der Waals surface area contributed by atoms with E-state index in [0.717, 1.165) is 22.5 Å². The van der Waals surface area contributed by atoms with Gasteiger partial charge in [0.05, 0.1) is 6.20 Å². The maximum Gasteiger partial charge on any atom is 0.250 e. The molecule has 5 heteroatoms. The monoisotopic (exact) mass is 284 g/mol. The van der Waals surface area contributed by atoms with E-state index in [-0.39, 0.29) is 0 Å². The average Bonchev–Trinajstić information content (AvgIpc) is 2.87. The number of nitrogens with zero attached hydrogens (tertiary/aromatic N) is 4. The second kappa shape index (κ2) is 5.06. The Bertz CT molecular complexity index is 744. The third kappa shape index (κ3) is 2.56. The van der Waals surface area contributed by atoms with Crippen molar-refractivity contribution in [3.05, 3.63) is 59.1 Å². The largest absolute Gasteiger partial charge is 0.250 e. The average molecular weight is 285 g/mol. The fourth-order valence-electron chi connectivity index (χ4n) is 2.06. The third-order valence-corrected chi connectivity index (χ3v) is 3.15. The molecule has 0 aliphatic rings. The number of halogens is 1. The van der Waals surface area contributed by atoms with Crippen LogP contribution < -0.4 is 0 Å².